The van der Waals surface area contributed by atoms with Crippen LogP contribution >= 0.6 is 22.7 Å². The minimum Gasteiger partial charge on any atom is -0.266 e. The maximum atomic E-state index is 14.9. The average Bonchev–Trinajstić information content (AvgIpc) is 3.34. The summed E-state index contributed by atoms with van der Waals surface area (Å²) in [7, 11) is -4.22. The summed E-state index contributed by atoms with van der Waals surface area (Å²) >= 11 is 2.84. The molecule has 3 heterocycles. The van der Waals surface area contributed by atoms with Gasteiger partial charge < -0.3 is 0 Å². The Kier molecular flexibility index (Phi) is 8.36. The largest absolute Gasteiger partial charge is 0.283 e. The topological polar surface area (TPSA) is 144 Å². The molecular weight excluding hydrogens is 632 g/mol. The van der Waals surface area contributed by atoms with Crippen molar-refractivity contribution in [3.05, 3.63) is 104 Å². The van der Waals surface area contributed by atoms with E-state index in [1.54, 1.807) is 33.7 Å². The maximum Gasteiger partial charge on any atom is 0.283 e. The molecule has 0 bridgehead atoms. The Balaban J connectivity index is 1.48. The van der Waals surface area contributed by atoms with Crippen LogP contribution in [-0.2, 0) is 22.9 Å². The van der Waals surface area contributed by atoms with E-state index in [1.807, 2.05) is 43.3 Å². The summed E-state index contributed by atoms with van der Waals surface area (Å²) < 4.78 is 40.3. The highest BCUT2D eigenvalue weighted by molar-refractivity contribution is 7.89. The summed E-state index contributed by atoms with van der Waals surface area (Å²) in [6.45, 7) is 2.03. The molecule has 45 heavy (non-hydrogen) atoms. The quantitative estimate of drug-likeness (QED) is 0.132. The Morgan fingerprint density at radius 3 is 2.69 bits per heavy atom. The zero-order chi connectivity index (χ0) is 31.7. The van der Waals surface area contributed by atoms with Gasteiger partial charge in [0, 0.05) is 33.4 Å². The van der Waals surface area contributed by atoms with Gasteiger partial charge in [-0.2, -0.15) is 10.4 Å². The number of aryl methyl sites for hydroxylation is 1. The van der Waals surface area contributed by atoms with Crippen molar-refractivity contribution in [3.63, 3.8) is 0 Å². The van der Waals surface area contributed by atoms with Crippen LogP contribution < -0.4 is 10.5 Å². The molecule has 0 radical (unpaired) electrons. The molecule has 6 rings (SSSR count). The number of primary sulfonamides is 1. The van der Waals surface area contributed by atoms with Crippen LogP contribution in [0.4, 0.5) is 4.39 Å². The van der Waals surface area contributed by atoms with Gasteiger partial charge in [0.1, 0.15) is 16.4 Å². The summed E-state index contributed by atoms with van der Waals surface area (Å²) in [6.07, 6.45) is 4.66. The first kappa shape index (κ1) is 30.4. The number of amides is 1. The third-order valence-electron chi connectivity index (χ3n) is 7.23. The molecule has 9 nitrogen and oxygen atoms in total. The molecule has 3 aromatic heterocycles. The fraction of sp³-hybridized carbons (Fsp3) is 0.188. The molecule has 0 saturated heterocycles. The molecule has 5 aromatic rings. The molecule has 0 atom stereocenters. The lowest BCUT2D eigenvalue weighted by Crippen LogP contribution is -2.17. The molecule has 0 spiro atoms. The fourth-order valence-electron chi connectivity index (χ4n) is 4.92. The summed E-state index contributed by atoms with van der Waals surface area (Å²) in [6, 6.07) is 15.6. The minimum atomic E-state index is -4.22. The van der Waals surface area contributed by atoms with E-state index in [1.165, 1.54) is 28.3 Å². The second-order valence-corrected chi connectivity index (χ2v) is 14.3. The molecule has 1 fully saturated rings. The number of thiophene rings is 1. The van der Waals surface area contributed by atoms with Gasteiger partial charge in [-0.05, 0) is 74.1 Å². The van der Waals surface area contributed by atoms with Gasteiger partial charge in [0.25, 0.3) is 5.91 Å². The number of sulfonamides is 1. The zero-order valence-electron chi connectivity index (χ0n) is 23.9. The monoisotopic (exact) mass is 656 g/mol. The second kappa shape index (κ2) is 12.4. The molecule has 13 heteroatoms. The average molecular weight is 657 g/mol. The van der Waals surface area contributed by atoms with Gasteiger partial charge in [-0.15, -0.1) is 22.7 Å². The molecule has 226 valence electrons. The smallest absolute Gasteiger partial charge is 0.266 e. The predicted molar refractivity (Wildman–Crippen MR) is 170 cm³/mol. The normalized spacial score (nSPS) is 12.8. The van der Waals surface area contributed by atoms with Gasteiger partial charge in [0.2, 0.25) is 15.2 Å². The van der Waals surface area contributed by atoms with Crippen molar-refractivity contribution < 1.29 is 17.6 Å². The van der Waals surface area contributed by atoms with E-state index >= 15 is 0 Å². The summed E-state index contributed by atoms with van der Waals surface area (Å²) in [4.78, 5) is 18.3. The van der Waals surface area contributed by atoms with Crippen molar-refractivity contribution in [1.29, 1.82) is 5.26 Å². The Morgan fingerprint density at radius 2 is 2.00 bits per heavy atom. The molecule has 1 amide bonds. The number of nitriles is 1. The predicted octanol–water partition coefficient (Wildman–Crippen LogP) is 5.31. The Morgan fingerprint density at radius 1 is 1.18 bits per heavy atom. The minimum absolute atomic E-state index is 0.0919. The molecule has 2 aromatic carbocycles. The first-order valence-electron chi connectivity index (χ1n) is 13.9. The highest BCUT2D eigenvalue weighted by Crippen LogP contribution is 2.38. The second-order valence-electron chi connectivity index (χ2n) is 10.6. The fourth-order valence-corrected chi connectivity index (χ4v) is 7.00. The van der Waals surface area contributed by atoms with Crippen LogP contribution in [0.15, 0.2) is 64.9 Å². The Bertz CT molecular complexity index is 2160. The molecular formula is C32H25FN6O3S3. The number of carbonyl (C=O) groups is 1. The van der Waals surface area contributed by atoms with Gasteiger partial charge in [0.15, 0.2) is 6.19 Å². The van der Waals surface area contributed by atoms with Gasteiger partial charge >= 0.3 is 0 Å². The third kappa shape index (κ3) is 6.87. The Labute approximate surface area is 267 Å². The van der Waals surface area contributed by atoms with Crippen LogP contribution in [0, 0.1) is 42.0 Å². The highest BCUT2D eigenvalue weighted by atomic mass is 32.2. The number of hydrogen-bond acceptors (Lipinski definition) is 8. The number of nitrogens with two attached hydrogens (primary N) is 1. The van der Waals surface area contributed by atoms with Crippen molar-refractivity contribution in [2.75, 3.05) is 0 Å². The zero-order valence-corrected chi connectivity index (χ0v) is 26.3. The molecule has 1 aliphatic carbocycles. The Hall–Kier alpha value is -4.66. The van der Waals surface area contributed by atoms with Crippen molar-refractivity contribution in [3.8, 4) is 34.4 Å². The van der Waals surface area contributed by atoms with Crippen LogP contribution in [-0.4, -0.2) is 29.1 Å². The van der Waals surface area contributed by atoms with E-state index in [0.29, 0.717) is 28.7 Å². The van der Waals surface area contributed by atoms with Crippen LogP contribution in [0.3, 0.4) is 0 Å². The van der Waals surface area contributed by atoms with Crippen LogP contribution in [0.5, 0.6) is 0 Å². The van der Waals surface area contributed by atoms with E-state index in [-0.39, 0.29) is 12.1 Å². The summed E-state index contributed by atoms with van der Waals surface area (Å²) in [5.74, 6) is 5.33. The van der Waals surface area contributed by atoms with Crippen molar-refractivity contribution in [1.82, 2.24) is 20.1 Å². The number of nitrogens with one attached hydrogen (secondary N) is 1. The van der Waals surface area contributed by atoms with Gasteiger partial charge in [-0.25, -0.2) is 27.6 Å². The lowest BCUT2D eigenvalue weighted by atomic mass is 9.96. The standard InChI is InChI=1S/C32H25FN6O3S3/c1-19-5-10-24(44-19)11-8-20-3-2-4-23(13-20)30-25(14-22-9-12-29(26(33)15-22)45(35,41)42)28(16-21-6-7-21)39(38-30)32-37-27(17-43-32)31(40)36-18-34/h2-5,9-10,12-13,15,17,21H,6-7,14,16H2,1H3,(H,36,40)(H2,35,41,42). The summed E-state index contributed by atoms with van der Waals surface area (Å²) in [5, 5.41) is 23.2. The van der Waals surface area contributed by atoms with E-state index in [0.717, 1.165) is 40.1 Å². The van der Waals surface area contributed by atoms with Gasteiger partial charge in [-0.1, -0.05) is 30.0 Å². The number of benzene rings is 2. The van der Waals surface area contributed by atoms with Crippen molar-refractivity contribution in [2.45, 2.75) is 37.5 Å². The van der Waals surface area contributed by atoms with Crippen LogP contribution in [0.1, 0.15) is 55.5 Å². The summed E-state index contributed by atoms with van der Waals surface area (Å²) in [5.41, 5.74) is 4.52. The lowest BCUT2D eigenvalue weighted by Gasteiger charge is -2.10. The number of rotatable bonds is 8. The van der Waals surface area contributed by atoms with Gasteiger partial charge in [-0.3, -0.25) is 10.1 Å². The van der Waals surface area contributed by atoms with Crippen molar-refractivity contribution >= 4 is 38.6 Å². The highest BCUT2D eigenvalue weighted by Gasteiger charge is 2.29. The van der Waals surface area contributed by atoms with E-state index in [4.69, 9.17) is 15.5 Å². The van der Waals surface area contributed by atoms with Crippen molar-refractivity contribution in [2.24, 2.45) is 11.1 Å². The van der Waals surface area contributed by atoms with E-state index in [2.05, 4.69) is 22.1 Å². The molecule has 1 aliphatic rings. The van der Waals surface area contributed by atoms with E-state index < -0.39 is 26.6 Å². The first-order chi connectivity index (χ1) is 21.6. The number of halogens is 1. The first-order valence-corrected chi connectivity index (χ1v) is 17.1. The van der Waals surface area contributed by atoms with Crippen LogP contribution in [0.25, 0.3) is 16.4 Å². The lowest BCUT2D eigenvalue weighted by molar-refractivity contribution is 0.0968. The number of thiazole rings is 1. The number of aromatic nitrogens is 3. The third-order valence-corrected chi connectivity index (χ3v) is 9.91. The SMILES string of the molecule is Cc1ccc(C#Cc2cccc(-c3nn(-c4nc(C(=O)NC#N)cs4)c(CC4CC4)c3Cc3ccc(S(N)(=O)=O)c(F)c3)c2)s1. The van der Waals surface area contributed by atoms with Crippen LogP contribution in [0.2, 0.25) is 0 Å². The molecule has 0 unspecified atom stereocenters. The van der Waals surface area contributed by atoms with Gasteiger partial charge in [0.05, 0.1) is 16.3 Å². The maximum absolute atomic E-state index is 14.9. The molecule has 0 aliphatic heterocycles. The number of nitrogens with zero attached hydrogens (tertiary/aromatic N) is 4. The molecule has 1 saturated carbocycles. The number of carbonyl (C=O) groups excluding carboxylic acids is 1. The number of hydrogen-bond donors (Lipinski definition) is 2. The van der Waals surface area contributed by atoms with E-state index in [9.17, 15) is 17.6 Å². The molecule has 3 N–H and O–H groups in total.